The molecule has 0 spiro atoms. The number of hydrogen-bond acceptors (Lipinski definition) is 3. The fourth-order valence-electron chi connectivity index (χ4n) is 3.06. The zero-order valence-electron chi connectivity index (χ0n) is 12.4. The first-order valence-electron chi connectivity index (χ1n) is 7.48. The Labute approximate surface area is 120 Å². The summed E-state index contributed by atoms with van der Waals surface area (Å²) in [6.45, 7) is 6.79. The van der Waals surface area contributed by atoms with Crippen molar-refractivity contribution in [2.24, 2.45) is 5.73 Å². The van der Waals surface area contributed by atoms with Crippen LogP contribution in [-0.4, -0.2) is 36.7 Å². The standard InChI is InChI=1S/C16H25FN2O/c1-3-20-15-8-10-19(11-9-15)16(12(2)18)13-4-6-14(17)7-5-13/h4-7,12,15-16H,3,8-11,18H2,1-2H3. The van der Waals surface area contributed by atoms with Crippen LogP contribution in [0.5, 0.6) is 0 Å². The van der Waals surface area contributed by atoms with Crippen LogP contribution in [0, 0.1) is 5.82 Å². The molecule has 2 rings (SSSR count). The van der Waals surface area contributed by atoms with Gasteiger partial charge in [-0.05, 0) is 44.4 Å². The highest BCUT2D eigenvalue weighted by Gasteiger charge is 2.28. The molecule has 0 aliphatic carbocycles. The predicted molar refractivity (Wildman–Crippen MR) is 79.0 cm³/mol. The highest BCUT2D eigenvalue weighted by Crippen LogP contribution is 2.27. The molecular weight excluding hydrogens is 255 g/mol. The summed E-state index contributed by atoms with van der Waals surface area (Å²) in [4.78, 5) is 2.40. The van der Waals surface area contributed by atoms with Crippen LogP contribution < -0.4 is 5.73 Å². The maximum atomic E-state index is 13.1. The van der Waals surface area contributed by atoms with Crippen molar-refractivity contribution < 1.29 is 9.13 Å². The molecule has 0 aromatic heterocycles. The molecule has 112 valence electrons. The van der Waals surface area contributed by atoms with E-state index < -0.39 is 0 Å². The molecule has 1 aromatic rings. The van der Waals surface area contributed by atoms with Crippen LogP contribution in [0.15, 0.2) is 24.3 Å². The second-order valence-electron chi connectivity index (χ2n) is 5.55. The first-order valence-corrected chi connectivity index (χ1v) is 7.48. The number of nitrogens with two attached hydrogens (primary N) is 1. The van der Waals surface area contributed by atoms with E-state index in [4.69, 9.17) is 10.5 Å². The van der Waals surface area contributed by atoms with Gasteiger partial charge < -0.3 is 10.5 Å². The van der Waals surface area contributed by atoms with E-state index in [2.05, 4.69) is 4.90 Å². The van der Waals surface area contributed by atoms with Crippen molar-refractivity contribution in [2.75, 3.05) is 19.7 Å². The second kappa shape index (κ2) is 7.16. The summed E-state index contributed by atoms with van der Waals surface area (Å²) in [5.41, 5.74) is 7.26. The highest BCUT2D eigenvalue weighted by molar-refractivity contribution is 5.21. The molecule has 1 saturated heterocycles. The van der Waals surface area contributed by atoms with E-state index >= 15 is 0 Å². The fourth-order valence-corrected chi connectivity index (χ4v) is 3.06. The molecule has 4 heteroatoms. The summed E-state index contributed by atoms with van der Waals surface area (Å²) >= 11 is 0. The molecule has 0 bridgehead atoms. The SMILES string of the molecule is CCOC1CCN(C(c2ccc(F)cc2)C(C)N)CC1. The van der Waals surface area contributed by atoms with E-state index in [-0.39, 0.29) is 17.9 Å². The maximum Gasteiger partial charge on any atom is 0.123 e. The minimum Gasteiger partial charge on any atom is -0.378 e. The lowest BCUT2D eigenvalue weighted by Gasteiger charge is -2.39. The first kappa shape index (κ1) is 15.4. The molecule has 1 aliphatic rings. The summed E-state index contributed by atoms with van der Waals surface area (Å²) in [6, 6.07) is 6.88. The predicted octanol–water partition coefficient (Wildman–Crippen LogP) is 2.71. The van der Waals surface area contributed by atoms with Gasteiger partial charge in [0.1, 0.15) is 5.82 Å². The number of halogens is 1. The van der Waals surface area contributed by atoms with Crippen molar-refractivity contribution in [3.05, 3.63) is 35.6 Å². The topological polar surface area (TPSA) is 38.5 Å². The lowest BCUT2D eigenvalue weighted by molar-refractivity contribution is 0.00118. The summed E-state index contributed by atoms with van der Waals surface area (Å²) in [5, 5.41) is 0. The Hall–Kier alpha value is -0.970. The third-order valence-electron chi connectivity index (χ3n) is 3.98. The molecule has 0 radical (unpaired) electrons. The molecule has 1 aromatic carbocycles. The second-order valence-corrected chi connectivity index (χ2v) is 5.55. The zero-order valence-corrected chi connectivity index (χ0v) is 12.4. The molecule has 2 N–H and O–H groups in total. The number of rotatable bonds is 5. The van der Waals surface area contributed by atoms with Crippen molar-refractivity contribution in [1.29, 1.82) is 0 Å². The van der Waals surface area contributed by atoms with E-state index in [0.29, 0.717) is 6.10 Å². The monoisotopic (exact) mass is 280 g/mol. The van der Waals surface area contributed by atoms with Crippen molar-refractivity contribution in [3.8, 4) is 0 Å². The van der Waals surface area contributed by atoms with E-state index in [1.165, 1.54) is 12.1 Å². The first-order chi connectivity index (χ1) is 9.61. The Kier molecular flexibility index (Phi) is 5.52. The van der Waals surface area contributed by atoms with Gasteiger partial charge in [0.2, 0.25) is 0 Å². The van der Waals surface area contributed by atoms with E-state index in [1.54, 1.807) is 0 Å². The number of piperidine rings is 1. The Morgan fingerprint density at radius 3 is 2.40 bits per heavy atom. The highest BCUT2D eigenvalue weighted by atomic mass is 19.1. The Morgan fingerprint density at radius 1 is 1.30 bits per heavy atom. The van der Waals surface area contributed by atoms with Crippen molar-refractivity contribution in [1.82, 2.24) is 4.90 Å². The number of hydrogen-bond donors (Lipinski definition) is 1. The minimum atomic E-state index is -0.202. The van der Waals surface area contributed by atoms with Gasteiger partial charge in [0.25, 0.3) is 0 Å². The van der Waals surface area contributed by atoms with Gasteiger partial charge >= 0.3 is 0 Å². The van der Waals surface area contributed by atoms with Crippen molar-refractivity contribution in [2.45, 2.75) is 44.9 Å². The molecule has 20 heavy (non-hydrogen) atoms. The van der Waals surface area contributed by atoms with E-state index in [0.717, 1.165) is 38.1 Å². The smallest absolute Gasteiger partial charge is 0.123 e. The molecule has 1 aliphatic heterocycles. The molecule has 1 heterocycles. The summed E-state index contributed by atoms with van der Waals surface area (Å²) < 4.78 is 18.8. The quantitative estimate of drug-likeness (QED) is 0.901. The van der Waals surface area contributed by atoms with Gasteiger partial charge in [0, 0.05) is 31.8 Å². The summed E-state index contributed by atoms with van der Waals surface area (Å²) in [7, 11) is 0. The van der Waals surface area contributed by atoms with Crippen LogP contribution in [0.25, 0.3) is 0 Å². The normalized spacial score (nSPS) is 20.8. The maximum absolute atomic E-state index is 13.1. The molecule has 0 amide bonds. The van der Waals surface area contributed by atoms with Gasteiger partial charge in [-0.15, -0.1) is 0 Å². The van der Waals surface area contributed by atoms with Gasteiger partial charge in [-0.2, -0.15) is 0 Å². The van der Waals surface area contributed by atoms with Gasteiger partial charge in [0.15, 0.2) is 0 Å². The molecule has 0 saturated carbocycles. The van der Waals surface area contributed by atoms with Crippen LogP contribution in [0.3, 0.4) is 0 Å². The molecule has 1 fully saturated rings. The number of nitrogens with zero attached hydrogens (tertiary/aromatic N) is 1. The Bertz CT molecular complexity index is 399. The van der Waals surface area contributed by atoms with E-state index in [9.17, 15) is 4.39 Å². The number of benzene rings is 1. The third kappa shape index (κ3) is 3.78. The lowest BCUT2D eigenvalue weighted by atomic mass is 9.96. The van der Waals surface area contributed by atoms with Crippen LogP contribution >= 0.6 is 0 Å². The number of likely N-dealkylation sites (tertiary alicyclic amines) is 1. The van der Waals surface area contributed by atoms with Gasteiger partial charge in [-0.1, -0.05) is 12.1 Å². The Morgan fingerprint density at radius 2 is 1.90 bits per heavy atom. The summed E-state index contributed by atoms with van der Waals surface area (Å²) in [6.07, 6.45) is 2.45. The summed E-state index contributed by atoms with van der Waals surface area (Å²) in [5.74, 6) is -0.202. The van der Waals surface area contributed by atoms with Crippen LogP contribution in [-0.2, 0) is 4.74 Å². The lowest BCUT2D eigenvalue weighted by Crippen LogP contribution is -2.45. The van der Waals surface area contributed by atoms with E-state index in [1.807, 2.05) is 26.0 Å². The fraction of sp³-hybridized carbons (Fsp3) is 0.625. The van der Waals surface area contributed by atoms with Gasteiger partial charge in [-0.3, -0.25) is 4.90 Å². The average molecular weight is 280 g/mol. The van der Waals surface area contributed by atoms with Crippen LogP contribution in [0.1, 0.15) is 38.3 Å². The minimum absolute atomic E-state index is 0.0177. The largest absolute Gasteiger partial charge is 0.378 e. The van der Waals surface area contributed by atoms with Crippen molar-refractivity contribution in [3.63, 3.8) is 0 Å². The van der Waals surface area contributed by atoms with Gasteiger partial charge in [-0.25, -0.2) is 4.39 Å². The van der Waals surface area contributed by atoms with Crippen LogP contribution in [0.2, 0.25) is 0 Å². The number of ether oxygens (including phenoxy) is 1. The van der Waals surface area contributed by atoms with Gasteiger partial charge in [0.05, 0.1) is 6.10 Å². The van der Waals surface area contributed by atoms with Crippen LogP contribution in [0.4, 0.5) is 4.39 Å². The molecule has 2 atom stereocenters. The molecule has 3 nitrogen and oxygen atoms in total. The molecular formula is C16H25FN2O. The molecule has 2 unspecified atom stereocenters. The third-order valence-corrected chi connectivity index (χ3v) is 3.98. The Balaban J connectivity index is 2.05. The van der Waals surface area contributed by atoms with Crippen molar-refractivity contribution >= 4 is 0 Å². The zero-order chi connectivity index (χ0) is 14.5. The average Bonchev–Trinajstić information content (AvgIpc) is 2.43.